The molecule has 1 aromatic carbocycles. The first kappa shape index (κ1) is 32.0. The van der Waals surface area contributed by atoms with Crippen molar-refractivity contribution in [3.05, 3.63) is 42.0 Å². The monoisotopic (exact) mass is 610 g/mol. The Morgan fingerprint density at radius 3 is 2.29 bits per heavy atom. The largest absolute Gasteiger partial charge is 0.394 e. The van der Waals surface area contributed by atoms with Gasteiger partial charge in [-0.25, -0.2) is 8.42 Å². The van der Waals surface area contributed by atoms with E-state index in [-0.39, 0.29) is 21.6 Å². The van der Waals surface area contributed by atoms with E-state index in [0.717, 1.165) is 58.3 Å². The van der Waals surface area contributed by atoms with Gasteiger partial charge in [0.25, 0.3) is 0 Å². The highest BCUT2D eigenvalue weighted by Crippen LogP contribution is 2.68. The summed E-state index contributed by atoms with van der Waals surface area (Å²) >= 11 is 0. The molecule has 11 atom stereocenters. The van der Waals surface area contributed by atoms with Crippen LogP contribution in [0.4, 0.5) is 13.2 Å². The molecule has 0 saturated heterocycles. The molecule has 5 rings (SSSR count). The van der Waals surface area contributed by atoms with Gasteiger partial charge in [0, 0.05) is 0 Å². The van der Waals surface area contributed by atoms with E-state index in [9.17, 15) is 31.8 Å². The number of sulfone groups is 1. The number of halogens is 3. The van der Waals surface area contributed by atoms with Crippen molar-refractivity contribution < 1.29 is 31.8 Å². The molecule has 3 saturated carbocycles. The fraction of sp³-hybridized carbons (Fsp3) is 0.765. The van der Waals surface area contributed by atoms with E-state index in [1.54, 1.807) is 18.2 Å². The first-order valence-electron chi connectivity index (χ1n) is 15.9. The molecule has 4 unspecified atom stereocenters. The van der Waals surface area contributed by atoms with E-state index in [0.29, 0.717) is 17.8 Å². The molecule has 0 aromatic heterocycles. The minimum atomic E-state index is -4.61. The maximum Gasteiger partial charge on any atom is 0.394 e. The summed E-state index contributed by atoms with van der Waals surface area (Å²) < 4.78 is 68.9. The zero-order valence-corrected chi connectivity index (χ0v) is 26.5. The molecule has 0 heterocycles. The van der Waals surface area contributed by atoms with E-state index in [2.05, 4.69) is 19.9 Å². The Kier molecular flexibility index (Phi) is 8.31. The average Bonchev–Trinajstić information content (AvgIpc) is 3.28. The Morgan fingerprint density at radius 1 is 0.976 bits per heavy atom. The van der Waals surface area contributed by atoms with Gasteiger partial charge in [0.1, 0.15) is 0 Å². The van der Waals surface area contributed by atoms with Crippen LogP contribution in [0.15, 0.2) is 46.9 Å². The highest BCUT2D eigenvalue weighted by atomic mass is 32.2. The van der Waals surface area contributed by atoms with Crippen molar-refractivity contribution in [2.24, 2.45) is 46.3 Å². The molecule has 4 aliphatic carbocycles. The lowest BCUT2D eigenvalue weighted by Crippen LogP contribution is -2.52. The van der Waals surface area contributed by atoms with Gasteiger partial charge in [-0.05, 0) is 117 Å². The third-order valence-corrected chi connectivity index (χ3v) is 15.1. The summed E-state index contributed by atoms with van der Waals surface area (Å²) in [5, 5.41) is 20.4. The third-order valence-electron chi connectivity index (χ3n) is 12.7. The number of aliphatic hydroxyl groups excluding tert-OH is 1. The highest BCUT2D eigenvalue weighted by Gasteiger charge is 2.61. The van der Waals surface area contributed by atoms with Gasteiger partial charge in [-0.2, -0.15) is 13.2 Å². The number of hydrogen-bond acceptors (Lipinski definition) is 4. The number of alkyl halides is 3. The zero-order valence-electron chi connectivity index (χ0n) is 25.7. The molecule has 0 radical (unpaired) electrons. The van der Waals surface area contributed by atoms with Crippen molar-refractivity contribution in [2.45, 2.75) is 120 Å². The van der Waals surface area contributed by atoms with E-state index >= 15 is 0 Å². The molecule has 236 valence electrons. The highest BCUT2D eigenvalue weighted by molar-refractivity contribution is 7.92. The van der Waals surface area contributed by atoms with Crippen LogP contribution in [0.5, 0.6) is 0 Å². The minimum absolute atomic E-state index is 0.0330. The molecule has 4 aliphatic rings. The van der Waals surface area contributed by atoms with Crippen LogP contribution in [0.25, 0.3) is 0 Å². The fourth-order valence-electron chi connectivity index (χ4n) is 10.0. The average molecular weight is 611 g/mol. The number of fused-ring (bicyclic) bond motifs is 5. The van der Waals surface area contributed by atoms with Gasteiger partial charge in [0.15, 0.2) is 9.84 Å². The summed E-state index contributed by atoms with van der Waals surface area (Å²) in [5.41, 5.74) is 0.706. The van der Waals surface area contributed by atoms with Crippen molar-refractivity contribution in [1.82, 2.24) is 0 Å². The van der Waals surface area contributed by atoms with Gasteiger partial charge in [0.2, 0.25) is 0 Å². The molecule has 3 fully saturated rings. The Morgan fingerprint density at radius 2 is 1.64 bits per heavy atom. The zero-order chi connectivity index (χ0) is 30.9. The second kappa shape index (κ2) is 10.9. The van der Waals surface area contributed by atoms with Crippen LogP contribution in [0.3, 0.4) is 0 Å². The number of benzene rings is 1. The topological polar surface area (TPSA) is 74.6 Å². The molecule has 0 bridgehead atoms. The lowest BCUT2D eigenvalue weighted by Gasteiger charge is -2.59. The fourth-order valence-corrected chi connectivity index (χ4v) is 12.1. The van der Waals surface area contributed by atoms with Crippen LogP contribution in [0.2, 0.25) is 0 Å². The summed E-state index contributed by atoms with van der Waals surface area (Å²) in [5.74, 6) is -0.963. The molecule has 2 N–H and O–H groups in total. The lowest BCUT2D eigenvalue weighted by atomic mass is 9.46. The predicted octanol–water partition coefficient (Wildman–Crippen LogP) is 7.74. The minimum Gasteiger partial charge on any atom is -0.392 e. The standard InChI is InChI=1S/C34H49F3O4S/c1-21(30(19-29(38)22(2)34(35,36)37)42(40,41)24-9-7-6-8-10-24)26-13-14-27-25-12-11-23-20-31(3,39)17-18-32(23,4)28(25)15-16-33(26,27)5/h6-11,21-22,25-30,38-39H,12-20H2,1-5H3/t21-,22?,25-,26+,27-,28?,29?,30?,31-,32-,33+/m0/s1. The quantitative estimate of drug-likeness (QED) is 0.310. The second-order valence-corrected chi connectivity index (χ2v) is 17.2. The number of hydrogen-bond donors (Lipinski definition) is 2. The van der Waals surface area contributed by atoms with Crippen LogP contribution < -0.4 is 0 Å². The third kappa shape index (κ3) is 5.40. The maximum atomic E-state index is 14.1. The molecule has 0 aliphatic heterocycles. The van der Waals surface area contributed by atoms with Crippen molar-refractivity contribution in [3.63, 3.8) is 0 Å². The molecular weight excluding hydrogens is 561 g/mol. The van der Waals surface area contributed by atoms with Crippen LogP contribution in [0.1, 0.15) is 92.4 Å². The summed E-state index contributed by atoms with van der Waals surface area (Å²) in [6.45, 7) is 9.47. The van der Waals surface area contributed by atoms with E-state index in [1.807, 2.05) is 13.8 Å². The van der Waals surface area contributed by atoms with Crippen molar-refractivity contribution in [2.75, 3.05) is 0 Å². The normalized spacial score (nSPS) is 39.7. The van der Waals surface area contributed by atoms with Crippen LogP contribution >= 0.6 is 0 Å². The van der Waals surface area contributed by atoms with Gasteiger partial charge >= 0.3 is 6.18 Å². The van der Waals surface area contributed by atoms with E-state index in [1.165, 1.54) is 17.7 Å². The lowest BCUT2D eigenvalue weighted by molar-refractivity contribution is -0.195. The smallest absolute Gasteiger partial charge is 0.392 e. The van der Waals surface area contributed by atoms with Crippen molar-refractivity contribution >= 4 is 9.84 Å². The van der Waals surface area contributed by atoms with Crippen LogP contribution in [-0.4, -0.2) is 41.8 Å². The summed E-state index contributed by atoms with van der Waals surface area (Å²) in [6, 6.07) is 8.00. The predicted molar refractivity (Wildman–Crippen MR) is 158 cm³/mol. The van der Waals surface area contributed by atoms with Gasteiger partial charge in [-0.15, -0.1) is 0 Å². The molecule has 4 nitrogen and oxygen atoms in total. The Balaban J connectivity index is 1.45. The molecule has 42 heavy (non-hydrogen) atoms. The van der Waals surface area contributed by atoms with Gasteiger partial charge in [0.05, 0.1) is 27.8 Å². The molecule has 0 amide bonds. The van der Waals surface area contributed by atoms with Gasteiger partial charge < -0.3 is 10.2 Å². The Bertz CT molecular complexity index is 1280. The number of rotatable bonds is 7. The molecular formula is C34H49F3O4S. The SMILES string of the molecule is CC(C(O)CC([C@@H](C)[C@H]1CC[C@H]2[C@@H]3CC=C4C[C@@](C)(O)CC[C@]4(C)C3CC[C@]12C)S(=O)(=O)c1ccccc1)C(F)(F)F. The van der Waals surface area contributed by atoms with Crippen molar-refractivity contribution in [3.8, 4) is 0 Å². The second-order valence-electron chi connectivity index (χ2n) is 15.1. The van der Waals surface area contributed by atoms with E-state index < -0.39 is 51.2 Å². The van der Waals surface area contributed by atoms with Crippen molar-refractivity contribution in [1.29, 1.82) is 0 Å². The number of aliphatic hydroxyl groups is 2. The molecule has 8 heteroatoms. The van der Waals surface area contributed by atoms with Crippen LogP contribution in [-0.2, 0) is 9.84 Å². The summed E-state index contributed by atoms with van der Waals surface area (Å²) in [4.78, 5) is 0.100. The number of allylic oxidation sites excluding steroid dienone is 1. The molecule has 0 spiro atoms. The first-order chi connectivity index (χ1) is 19.4. The first-order valence-corrected chi connectivity index (χ1v) is 17.4. The maximum absolute atomic E-state index is 14.1. The Hall–Kier alpha value is -1.38. The summed E-state index contributed by atoms with van der Waals surface area (Å²) in [7, 11) is -4.00. The van der Waals surface area contributed by atoms with Crippen LogP contribution in [0, 0.1) is 46.3 Å². The van der Waals surface area contributed by atoms with E-state index in [4.69, 9.17) is 0 Å². The Labute approximate surface area is 250 Å². The molecule has 1 aromatic rings. The summed E-state index contributed by atoms with van der Waals surface area (Å²) in [6.07, 6.45) is 2.85. The van der Waals surface area contributed by atoms with Gasteiger partial charge in [-0.1, -0.05) is 57.5 Å². The van der Waals surface area contributed by atoms with Gasteiger partial charge in [-0.3, -0.25) is 0 Å².